The Morgan fingerprint density at radius 2 is 2.07 bits per heavy atom. The summed E-state index contributed by atoms with van der Waals surface area (Å²) in [6.07, 6.45) is 1.52. The average molecular weight is 431 g/mol. The minimum absolute atomic E-state index is 0.0986. The molecule has 0 aromatic carbocycles. The number of urea groups is 1. The fraction of sp³-hybridized carbons (Fsp3) is 0.733. The van der Waals surface area contributed by atoms with Gasteiger partial charge in [0.15, 0.2) is 12.3 Å². The minimum Gasteiger partial charge on any atom is -0.345 e. The van der Waals surface area contributed by atoms with Crippen molar-refractivity contribution in [3.63, 3.8) is 0 Å². The normalized spacial score (nSPS) is 28.4. The van der Waals surface area contributed by atoms with Crippen molar-refractivity contribution < 1.29 is 27.6 Å². The molecule has 14 heteroatoms. The highest BCUT2D eigenvalue weighted by atomic mass is 32.2. The predicted octanol–water partition coefficient (Wildman–Crippen LogP) is -2.65. The van der Waals surface area contributed by atoms with E-state index in [0.29, 0.717) is 44.7 Å². The highest BCUT2D eigenvalue weighted by Crippen LogP contribution is 2.31. The first kappa shape index (κ1) is 21.6. The Hall–Kier alpha value is -2.13. The zero-order valence-corrected chi connectivity index (χ0v) is 16.7. The number of carbonyl (C=O) groups is 4. The van der Waals surface area contributed by atoms with Crippen LogP contribution < -0.4 is 27.2 Å². The van der Waals surface area contributed by atoms with Crippen LogP contribution in [0.1, 0.15) is 19.3 Å². The molecule has 3 heterocycles. The van der Waals surface area contributed by atoms with Crippen LogP contribution in [0.3, 0.4) is 0 Å². The van der Waals surface area contributed by atoms with Crippen LogP contribution in [0, 0.1) is 0 Å². The lowest BCUT2D eigenvalue weighted by molar-refractivity contribution is -0.131. The second kappa shape index (κ2) is 9.58. The van der Waals surface area contributed by atoms with E-state index < -0.39 is 35.8 Å². The summed E-state index contributed by atoms with van der Waals surface area (Å²) in [5.41, 5.74) is 10.3. The smallest absolute Gasteiger partial charge is 0.345 e. The highest BCUT2D eigenvalue weighted by molar-refractivity contribution is 7.89. The lowest BCUT2D eigenvalue weighted by Gasteiger charge is -2.29. The van der Waals surface area contributed by atoms with Crippen LogP contribution in [0.4, 0.5) is 4.79 Å². The fourth-order valence-electron chi connectivity index (χ4n) is 3.58. The summed E-state index contributed by atoms with van der Waals surface area (Å²) in [6, 6.07) is -1.82. The summed E-state index contributed by atoms with van der Waals surface area (Å²) < 4.78 is 9.93. The third-order valence-electron chi connectivity index (χ3n) is 5.03. The molecule has 0 aromatic heterocycles. The molecule has 3 saturated heterocycles. The molecule has 0 aliphatic carbocycles. The molecule has 3 fully saturated rings. The number of hydrogen-bond donors (Lipinski definition) is 5. The van der Waals surface area contributed by atoms with Crippen LogP contribution in [0.15, 0.2) is 0 Å². The molecule has 5 amide bonds. The van der Waals surface area contributed by atoms with Crippen LogP contribution >= 0.6 is 12.3 Å². The van der Waals surface area contributed by atoms with Crippen molar-refractivity contribution in [2.24, 2.45) is 5.73 Å². The molecule has 162 valence electrons. The maximum absolute atomic E-state index is 12.5. The number of carbonyl (C=O) groups excluding carboxylic acids is 4. The molecule has 0 saturated carbocycles. The van der Waals surface area contributed by atoms with Crippen LogP contribution in [0.5, 0.6) is 0 Å². The Labute approximate surface area is 171 Å². The third-order valence-corrected chi connectivity index (χ3v) is 5.39. The van der Waals surface area contributed by atoms with Gasteiger partial charge in [0.05, 0.1) is 25.7 Å². The molecule has 13 nitrogen and oxygen atoms in total. The maximum Gasteiger partial charge on any atom is 0.346 e. The van der Waals surface area contributed by atoms with Crippen molar-refractivity contribution >= 4 is 36.1 Å². The lowest BCUT2D eigenvalue weighted by Crippen LogP contribution is -2.54. The molecule has 0 spiro atoms. The van der Waals surface area contributed by atoms with E-state index in [2.05, 4.69) is 21.5 Å². The Balaban J connectivity index is 1.41. The Bertz CT molecular complexity index is 667. The number of nitrogens with one attached hydrogen (secondary N) is 4. The molecule has 29 heavy (non-hydrogen) atoms. The molecular formula is C15H25N7O6S. The van der Waals surface area contributed by atoms with Crippen molar-refractivity contribution in [3.05, 3.63) is 0 Å². The Kier molecular flexibility index (Phi) is 7.13. The molecule has 4 atom stereocenters. The zero-order valence-electron chi connectivity index (χ0n) is 15.9. The number of fused-ring (bicyclic) bond motifs is 2. The monoisotopic (exact) mass is 431 g/mol. The zero-order chi connectivity index (χ0) is 21.0. The second-order valence-corrected chi connectivity index (χ2v) is 7.65. The van der Waals surface area contributed by atoms with Crippen LogP contribution in [-0.2, 0) is 22.9 Å². The van der Waals surface area contributed by atoms with E-state index in [4.69, 9.17) is 14.2 Å². The average Bonchev–Trinajstić information content (AvgIpc) is 3.25. The first-order chi connectivity index (χ1) is 13.9. The second-order valence-electron chi connectivity index (χ2n) is 7.03. The number of rotatable bonds is 7. The van der Waals surface area contributed by atoms with Gasteiger partial charge in [0.1, 0.15) is 6.04 Å². The summed E-state index contributed by atoms with van der Waals surface area (Å²) in [5, 5.41) is 6.63. The SMILES string of the molecule is COSON1C(=O)N2CC1CC[C@H]2C(=O)NCC(=O)NNC(=O)C1CC(N)CN1. The van der Waals surface area contributed by atoms with Gasteiger partial charge in [-0.25, -0.2) is 4.79 Å². The van der Waals surface area contributed by atoms with Gasteiger partial charge >= 0.3 is 6.03 Å². The van der Waals surface area contributed by atoms with Gasteiger partial charge < -0.3 is 21.3 Å². The first-order valence-electron chi connectivity index (χ1n) is 9.23. The summed E-state index contributed by atoms with van der Waals surface area (Å²) in [5.74, 6) is -1.42. The van der Waals surface area contributed by atoms with Gasteiger partial charge in [0, 0.05) is 19.1 Å². The van der Waals surface area contributed by atoms with Crippen LogP contribution in [-0.4, -0.2) is 84.6 Å². The molecule has 3 aliphatic rings. The number of amides is 5. The van der Waals surface area contributed by atoms with E-state index >= 15 is 0 Å². The predicted molar refractivity (Wildman–Crippen MR) is 100 cm³/mol. The largest absolute Gasteiger partial charge is 0.346 e. The van der Waals surface area contributed by atoms with Gasteiger partial charge in [-0.05, 0) is 19.3 Å². The molecular weight excluding hydrogens is 406 g/mol. The summed E-state index contributed by atoms with van der Waals surface area (Å²) in [6.45, 7) is 0.560. The number of hydroxylamine groups is 2. The lowest BCUT2D eigenvalue weighted by atomic mass is 10.0. The van der Waals surface area contributed by atoms with Gasteiger partial charge in [-0.1, -0.05) is 0 Å². The minimum atomic E-state index is -0.688. The summed E-state index contributed by atoms with van der Waals surface area (Å²) in [4.78, 5) is 50.1. The van der Waals surface area contributed by atoms with Gasteiger partial charge in [-0.3, -0.25) is 29.4 Å². The number of hydrogen-bond acceptors (Lipinski definition) is 9. The Morgan fingerprint density at radius 1 is 1.28 bits per heavy atom. The van der Waals surface area contributed by atoms with Crippen LogP contribution in [0.25, 0.3) is 0 Å². The van der Waals surface area contributed by atoms with Crippen molar-refractivity contribution in [1.82, 2.24) is 31.4 Å². The van der Waals surface area contributed by atoms with Gasteiger partial charge in [-0.2, -0.15) is 9.35 Å². The molecule has 3 aliphatic heterocycles. The van der Waals surface area contributed by atoms with Crippen LogP contribution in [0.2, 0.25) is 0 Å². The number of hydrazine groups is 1. The molecule has 3 rings (SSSR count). The molecule has 2 bridgehead atoms. The third kappa shape index (κ3) is 5.08. The van der Waals surface area contributed by atoms with E-state index in [0.717, 1.165) is 0 Å². The molecule has 3 unspecified atom stereocenters. The maximum atomic E-state index is 12.5. The van der Waals surface area contributed by atoms with E-state index in [1.807, 2.05) is 0 Å². The summed E-state index contributed by atoms with van der Waals surface area (Å²) in [7, 11) is 1.42. The van der Waals surface area contributed by atoms with Crippen molar-refractivity contribution in [3.8, 4) is 0 Å². The van der Waals surface area contributed by atoms with E-state index in [1.165, 1.54) is 17.1 Å². The van der Waals surface area contributed by atoms with Crippen molar-refractivity contribution in [2.75, 3.05) is 26.7 Å². The molecule has 0 radical (unpaired) electrons. The standard InChI is InChI=1S/C15H25N7O6S/c1-27-29-28-22-9-2-3-11(21(7-9)15(22)26)14(25)18-6-12(23)19-20-13(24)10-4-8(16)5-17-10/h8-11,17H,2-7,16H2,1H3,(H,18,25)(H,19,23)(H,20,24)/t8?,9?,10?,11-/m0/s1. The van der Waals surface area contributed by atoms with Gasteiger partial charge in [0.25, 0.3) is 11.8 Å². The van der Waals surface area contributed by atoms with Gasteiger partial charge in [0.2, 0.25) is 5.91 Å². The number of piperidine rings is 1. The topological polar surface area (TPSA) is 167 Å². The first-order valence-corrected chi connectivity index (χ1v) is 9.90. The fourth-order valence-corrected chi connectivity index (χ4v) is 3.89. The number of nitrogens with zero attached hydrogens (tertiary/aromatic N) is 2. The highest BCUT2D eigenvalue weighted by Gasteiger charge is 2.48. The van der Waals surface area contributed by atoms with Crippen molar-refractivity contribution in [2.45, 2.75) is 43.4 Å². The van der Waals surface area contributed by atoms with E-state index in [-0.39, 0.29) is 18.6 Å². The van der Waals surface area contributed by atoms with Gasteiger partial charge in [-0.15, -0.1) is 0 Å². The van der Waals surface area contributed by atoms with E-state index in [9.17, 15) is 19.2 Å². The quantitative estimate of drug-likeness (QED) is 0.214. The number of nitrogens with two attached hydrogens (primary N) is 1. The Morgan fingerprint density at radius 3 is 2.76 bits per heavy atom. The van der Waals surface area contributed by atoms with E-state index in [1.54, 1.807) is 0 Å². The molecule has 6 N–H and O–H groups in total. The summed E-state index contributed by atoms with van der Waals surface area (Å²) >= 11 is 0.678. The molecule has 0 aromatic rings. The van der Waals surface area contributed by atoms with Crippen molar-refractivity contribution in [1.29, 1.82) is 0 Å².